The van der Waals surface area contributed by atoms with Gasteiger partial charge in [-0.1, -0.05) is 34.3 Å². The third-order valence-electron chi connectivity index (χ3n) is 2.33. The summed E-state index contributed by atoms with van der Waals surface area (Å²) in [5, 5.41) is 13.6. The molecule has 3 heteroatoms. The van der Waals surface area contributed by atoms with Crippen LogP contribution in [0.4, 0.5) is 0 Å². The van der Waals surface area contributed by atoms with Crippen molar-refractivity contribution in [2.24, 2.45) is 0 Å². The van der Waals surface area contributed by atoms with Crippen LogP contribution in [0.2, 0.25) is 0 Å². The molecule has 0 saturated carbocycles. The second-order valence-corrected chi connectivity index (χ2v) is 4.54. The molecule has 15 heavy (non-hydrogen) atoms. The molecule has 3 nitrogen and oxygen atoms in total. The van der Waals surface area contributed by atoms with Crippen molar-refractivity contribution in [2.45, 2.75) is 46.1 Å². The lowest BCUT2D eigenvalue weighted by Crippen LogP contribution is -2.01. The van der Waals surface area contributed by atoms with Gasteiger partial charge in [0.15, 0.2) is 0 Å². The molecule has 0 aliphatic heterocycles. The average Bonchev–Trinajstić information content (AvgIpc) is 2.46. The van der Waals surface area contributed by atoms with Gasteiger partial charge in [-0.05, 0) is 17.4 Å². The van der Waals surface area contributed by atoms with Gasteiger partial charge < -0.3 is 5.11 Å². The summed E-state index contributed by atoms with van der Waals surface area (Å²) in [6.45, 7) is 12.4. The fraction of sp³-hybridized carbons (Fsp3) is 0.583. The van der Waals surface area contributed by atoms with Crippen molar-refractivity contribution >= 4 is 0 Å². The number of aliphatic hydroxyl groups excluding tert-OH is 1. The van der Waals surface area contributed by atoms with Gasteiger partial charge in [0.1, 0.15) is 5.76 Å². The number of hydrogen-bond acceptors (Lipinski definition) is 2. The minimum Gasteiger partial charge on any atom is -0.511 e. The summed E-state index contributed by atoms with van der Waals surface area (Å²) >= 11 is 0. The molecule has 1 aromatic heterocycles. The van der Waals surface area contributed by atoms with Gasteiger partial charge in [0, 0.05) is 6.20 Å². The molecule has 84 valence electrons. The summed E-state index contributed by atoms with van der Waals surface area (Å²) in [5.74, 6) is 1.02. The lowest BCUT2D eigenvalue weighted by Gasteiger charge is -2.06. The van der Waals surface area contributed by atoms with E-state index < -0.39 is 0 Å². The smallest absolute Gasteiger partial charge is 0.107 e. The van der Waals surface area contributed by atoms with Crippen molar-refractivity contribution in [1.29, 1.82) is 0 Å². The molecule has 0 saturated heterocycles. The molecule has 0 radical (unpaired) electrons. The predicted octanol–water partition coefficient (Wildman–Crippen LogP) is 3.20. The molecule has 1 heterocycles. The highest BCUT2D eigenvalue weighted by atomic mass is 16.3. The van der Waals surface area contributed by atoms with Gasteiger partial charge in [0.25, 0.3) is 0 Å². The Morgan fingerprint density at radius 2 is 2.00 bits per heavy atom. The van der Waals surface area contributed by atoms with Crippen LogP contribution in [0, 0.1) is 0 Å². The van der Waals surface area contributed by atoms with Crippen LogP contribution in [0.5, 0.6) is 0 Å². The first-order valence-electron chi connectivity index (χ1n) is 5.35. The summed E-state index contributed by atoms with van der Waals surface area (Å²) in [6.07, 6.45) is 2.00. The molecule has 0 aliphatic rings. The summed E-state index contributed by atoms with van der Waals surface area (Å²) in [4.78, 5) is 0. The Kier molecular flexibility index (Phi) is 3.56. The summed E-state index contributed by atoms with van der Waals surface area (Å²) in [5.41, 5.74) is 2.37. The molecule has 1 aromatic rings. The Morgan fingerprint density at radius 1 is 1.40 bits per heavy atom. The molecular formula is C12H20N2O. The van der Waals surface area contributed by atoms with Gasteiger partial charge in [-0.15, -0.1) is 0 Å². The lowest BCUT2D eigenvalue weighted by atomic mass is 9.98. The van der Waals surface area contributed by atoms with Crippen molar-refractivity contribution in [1.82, 2.24) is 9.78 Å². The van der Waals surface area contributed by atoms with Crippen LogP contribution in [0.15, 0.2) is 18.5 Å². The molecular weight excluding hydrogens is 188 g/mol. The maximum atomic E-state index is 9.13. The highest BCUT2D eigenvalue weighted by Crippen LogP contribution is 2.24. The first-order chi connectivity index (χ1) is 6.91. The zero-order chi connectivity index (χ0) is 11.6. The molecule has 0 aliphatic carbocycles. The van der Waals surface area contributed by atoms with E-state index in [1.807, 2.05) is 6.20 Å². The number of rotatable bonds is 4. The Hall–Kier alpha value is -1.25. The van der Waals surface area contributed by atoms with Gasteiger partial charge in [-0.3, -0.25) is 4.68 Å². The van der Waals surface area contributed by atoms with E-state index in [1.54, 1.807) is 4.68 Å². The van der Waals surface area contributed by atoms with Crippen LogP contribution in [0.25, 0.3) is 0 Å². The number of nitrogens with zero attached hydrogens (tertiary/aromatic N) is 2. The Bertz CT molecular complexity index is 325. The van der Waals surface area contributed by atoms with Gasteiger partial charge in [-0.25, -0.2) is 0 Å². The summed E-state index contributed by atoms with van der Waals surface area (Å²) in [7, 11) is 0. The molecule has 0 amide bonds. The fourth-order valence-corrected chi connectivity index (χ4v) is 1.61. The quantitative estimate of drug-likeness (QED) is 0.771. The van der Waals surface area contributed by atoms with Crippen molar-refractivity contribution < 1.29 is 5.11 Å². The van der Waals surface area contributed by atoms with Crippen LogP contribution in [0.3, 0.4) is 0 Å². The van der Waals surface area contributed by atoms with Gasteiger partial charge in [0.2, 0.25) is 0 Å². The molecule has 0 fully saturated rings. The molecule has 1 rings (SSSR count). The Morgan fingerprint density at radius 3 is 2.33 bits per heavy atom. The van der Waals surface area contributed by atoms with Gasteiger partial charge in [0.05, 0.1) is 12.2 Å². The highest BCUT2D eigenvalue weighted by molar-refractivity contribution is 5.23. The van der Waals surface area contributed by atoms with Gasteiger partial charge >= 0.3 is 0 Å². The third-order valence-corrected chi connectivity index (χ3v) is 2.33. The minimum absolute atomic E-state index is 0.142. The van der Waals surface area contributed by atoms with E-state index in [9.17, 15) is 0 Å². The zero-order valence-corrected chi connectivity index (χ0v) is 9.99. The van der Waals surface area contributed by atoms with Crippen LogP contribution < -0.4 is 0 Å². The van der Waals surface area contributed by atoms with Crippen molar-refractivity contribution in [3.8, 4) is 0 Å². The van der Waals surface area contributed by atoms with E-state index in [0.29, 0.717) is 18.4 Å². The van der Waals surface area contributed by atoms with Crippen molar-refractivity contribution in [3.05, 3.63) is 29.8 Å². The first-order valence-corrected chi connectivity index (χ1v) is 5.35. The predicted molar refractivity (Wildman–Crippen MR) is 62.2 cm³/mol. The molecule has 1 N–H and O–H groups in total. The summed E-state index contributed by atoms with van der Waals surface area (Å²) in [6, 6.07) is 0. The average molecular weight is 208 g/mol. The van der Waals surface area contributed by atoms with E-state index in [-0.39, 0.29) is 5.76 Å². The van der Waals surface area contributed by atoms with Crippen molar-refractivity contribution in [2.75, 3.05) is 0 Å². The molecule has 0 spiro atoms. The lowest BCUT2D eigenvalue weighted by molar-refractivity contribution is 0.369. The maximum absolute atomic E-state index is 9.13. The zero-order valence-electron chi connectivity index (χ0n) is 9.99. The molecule has 0 unspecified atom stereocenters. The van der Waals surface area contributed by atoms with E-state index >= 15 is 0 Å². The Balaban J connectivity index is 3.03. The van der Waals surface area contributed by atoms with E-state index in [0.717, 1.165) is 5.69 Å². The van der Waals surface area contributed by atoms with Crippen molar-refractivity contribution in [3.63, 3.8) is 0 Å². The normalized spacial score (nSPS) is 11.3. The third kappa shape index (κ3) is 2.85. The summed E-state index contributed by atoms with van der Waals surface area (Å²) < 4.78 is 1.76. The number of allylic oxidation sites excluding steroid dienone is 1. The largest absolute Gasteiger partial charge is 0.511 e. The molecule has 0 bridgehead atoms. The molecule has 0 aromatic carbocycles. The minimum atomic E-state index is 0.142. The van der Waals surface area contributed by atoms with E-state index in [1.165, 1.54) is 5.56 Å². The van der Waals surface area contributed by atoms with Crippen LogP contribution >= 0.6 is 0 Å². The van der Waals surface area contributed by atoms with E-state index in [2.05, 4.69) is 39.4 Å². The number of hydrogen-bond donors (Lipinski definition) is 1. The van der Waals surface area contributed by atoms with E-state index in [4.69, 9.17) is 5.11 Å². The second kappa shape index (κ2) is 4.51. The number of aromatic nitrogens is 2. The van der Waals surface area contributed by atoms with Crippen LogP contribution in [-0.2, 0) is 6.54 Å². The SMILES string of the molecule is C=C(O)Cn1cc(C(C)C)c(C(C)C)n1. The molecule has 0 atom stereocenters. The second-order valence-electron chi connectivity index (χ2n) is 4.54. The standard InChI is InChI=1S/C12H20N2O/c1-8(2)11-7-14(6-10(5)15)13-12(11)9(3)4/h7-9,15H,5-6H2,1-4H3. The van der Waals surface area contributed by atoms with Crippen LogP contribution in [-0.4, -0.2) is 14.9 Å². The fourth-order valence-electron chi connectivity index (χ4n) is 1.61. The monoisotopic (exact) mass is 208 g/mol. The maximum Gasteiger partial charge on any atom is 0.107 e. The highest BCUT2D eigenvalue weighted by Gasteiger charge is 2.14. The van der Waals surface area contributed by atoms with Gasteiger partial charge in [-0.2, -0.15) is 5.10 Å². The first kappa shape index (κ1) is 11.8. The van der Waals surface area contributed by atoms with Crippen LogP contribution in [0.1, 0.15) is 50.8 Å². The topological polar surface area (TPSA) is 38.0 Å². The Labute approximate surface area is 91.4 Å². The number of aliphatic hydroxyl groups is 1.